The highest BCUT2D eigenvalue weighted by atomic mass is 79.9. The van der Waals surface area contributed by atoms with Gasteiger partial charge < -0.3 is 4.74 Å². The van der Waals surface area contributed by atoms with Crippen LogP contribution in [0.5, 0.6) is 0 Å². The summed E-state index contributed by atoms with van der Waals surface area (Å²) >= 11 is 3.48. The molecule has 1 unspecified atom stereocenters. The van der Waals surface area contributed by atoms with Crippen LogP contribution in [-0.2, 0) is 11.3 Å². The van der Waals surface area contributed by atoms with Gasteiger partial charge in [0.2, 0.25) is 0 Å². The maximum atomic E-state index is 12.9. The minimum Gasteiger partial charge on any atom is -0.369 e. The second-order valence-corrected chi connectivity index (χ2v) is 6.10. The molecular formula is C14H19BrFNO. The van der Waals surface area contributed by atoms with Gasteiger partial charge in [0.1, 0.15) is 5.82 Å². The summed E-state index contributed by atoms with van der Waals surface area (Å²) in [5.41, 5.74) is 1.01. The van der Waals surface area contributed by atoms with Crippen LogP contribution in [0.25, 0.3) is 0 Å². The first kappa shape index (κ1) is 14.0. The lowest BCUT2D eigenvalue weighted by Crippen LogP contribution is -2.52. The van der Waals surface area contributed by atoms with Gasteiger partial charge in [-0.25, -0.2) is 4.39 Å². The SMILES string of the molecule is CC1(C)CN(Cc2ccc(F)cc2)CC(CBr)O1. The molecule has 0 amide bonds. The Morgan fingerprint density at radius 2 is 2.06 bits per heavy atom. The van der Waals surface area contributed by atoms with Crippen molar-refractivity contribution < 1.29 is 9.13 Å². The third kappa shape index (κ3) is 3.77. The second kappa shape index (κ2) is 5.68. The van der Waals surface area contributed by atoms with Gasteiger partial charge in [-0.3, -0.25) is 4.90 Å². The zero-order valence-electron chi connectivity index (χ0n) is 10.8. The van der Waals surface area contributed by atoms with Crippen molar-refractivity contribution in [3.05, 3.63) is 35.6 Å². The first-order valence-electron chi connectivity index (χ1n) is 6.19. The summed E-state index contributed by atoms with van der Waals surface area (Å²) in [5.74, 6) is -0.181. The molecule has 1 aliphatic rings. The quantitative estimate of drug-likeness (QED) is 0.794. The van der Waals surface area contributed by atoms with E-state index in [2.05, 4.69) is 34.7 Å². The van der Waals surface area contributed by atoms with E-state index >= 15 is 0 Å². The van der Waals surface area contributed by atoms with Crippen LogP contribution in [-0.4, -0.2) is 35.0 Å². The van der Waals surface area contributed by atoms with Crippen LogP contribution in [0.2, 0.25) is 0 Å². The molecule has 100 valence electrons. The van der Waals surface area contributed by atoms with E-state index in [0.29, 0.717) is 0 Å². The number of hydrogen-bond acceptors (Lipinski definition) is 2. The second-order valence-electron chi connectivity index (χ2n) is 5.45. The fourth-order valence-electron chi connectivity index (χ4n) is 2.47. The summed E-state index contributed by atoms with van der Waals surface area (Å²) < 4.78 is 18.8. The van der Waals surface area contributed by atoms with Gasteiger partial charge in [-0.15, -0.1) is 0 Å². The highest BCUT2D eigenvalue weighted by Gasteiger charge is 2.32. The van der Waals surface area contributed by atoms with Crippen LogP contribution in [0, 0.1) is 5.82 Å². The highest BCUT2D eigenvalue weighted by molar-refractivity contribution is 9.09. The van der Waals surface area contributed by atoms with E-state index in [1.807, 2.05) is 12.1 Å². The van der Waals surface area contributed by atoms with Crippen molar-refractivity contribution in [3.8, 4) is 0 Å². The first-order valence-corrected chi connectivity index (χ1v) is 7.31. The smallest absolute Gasteiger partial charge is 0.123 e. The monoisotopic (exact) mass is 315 g/mol. The van der Waals surface area contributed by atoms with Crippen molar-refractivity contribution in [2.24, 2.45) is 0 Å². The maximum absolute atomic E-state index is 12.9. The lowest BCUT2D eigenvalue weighted by molar-refractivity contribution is -0.128. The van der Waals surface area contributed by atoms with E-state index < -0.39 is 0 Å². The van der Waals surface area contributed by atoms with Gasteiger partial charge in [0, 0.05) is 25.0 Å². The van der Waals surface area contributed by atoms with Crippen molar-refractivity contribution in [3.63, 3.8) is 0 Å². The summed E-state index contributed by atoms with van der Waals surface area (Å²) in [7, 11) is 0. The fraction of sp³-hybridized carbons (Fsp3) is 0.571. The molecule has 1 aliphatic heterocycles. The topological polar surface area (TPSA) is 12.5 Å². The minimum absolute atomic E-state index is 0.128. The van der Waals surface area contributed by atoms with Crippen LogP contribution >= 0.6 is 15.9 Å². The molecule has 18 heavy (non-hydrogen) atoms. The predicted molar refractivity (Wildman–Crippen MR) is 74.4 cm³/mol. The third-order valence-electron chi connectivity index (χ3n) is 3.04. The molecule has 0 aromatic heterocycles. The largest absolute Gasteiger partial charge is 0.369 e. The molecular weight excluding hydrogens is 297 g/mol. The Hall–Kier alpha value is -0.450. The maximum Gasteiger partial charge on any atom is 0.123 e. The van der Waals surface area contributed by atoms with Gasteiger partial charge >= 0.3 is 0 Å². The molecule has 1 heterocycles. The number of alkyl halides is 1. The van der Waals surface area contributed by atoms with Crippen LogP contribution in [0.4, 0.5) is 4.39 Å². The van der Waals surface area contributed by atoms with Gasteiger partial charge in [-0.1, -0.05) is 28.1 Å². The standard InChI is InChI=1S/C14H19BrFNO/c1-14(2)10-17(9-13(7-15)18-14)8-11-3-5-12(16)6-4-11/h3-6,13H,7-10H2,1-2H3. The fourth-order valence-corrected chi connectivity index (χ4v) is 2.80. The molecule has 1 atom stereocenters. The average molecular weight is 316 g/mol. The molecule has 1 aromatic carbocycles. The number of hydrogen-bond donors (Lipinski definition) is 0. The zero-order valence-corrected chi connectivity index (χ0v) is 12.4. The third-order valence-corrected chi connectivity index (χ3v) is 3.77. The van der Waals surface area contributed by atoms with Gasteiger partial charge in [0.15, 0.2) is 0 Å². The lowest BCUT2D eigenvalue weighted by atomic mass is 10.0. The molecule has 0 bridgehead atoms. The Balaban J connectivity index is 2.02. The summed E-state index contributed by atoms with van der Waals surface area (Å²) in [6, 6.07) is 6.73. The van der Waals surface area contributed by atoms with E-state index in [-0.39, 0.29) is 17.5 Å². The Labute approximate surface area is 116 Å². The average Bonchev–Trinajstić information content (AvgIpc) is 2.30. The summed E-state index contributed by atoms with van der Waals surface area (Å²) in [6.07, 6.45) is 0.217. The number of rotatable bonds is 3. The van der Waals surface area contributed by atoms with Crippen molar-refractivity contribution in [1.82, 2.24) is 4.90 Å². The molecule has 2 rings (SSSR count). The van der Waals surface area contributed by atoms with Gasteiger partial charge in [-0.2, -0.15) is 0 Å². The predicted octanol–water partition coefficient (Wildman–Crippen LogP) is 3.20. The van der Waals surface area contributed by atoms with E-state index in [1.54, 1.807) is 0 Å². The number of benzene rings is 1. The van der Waals surface area contributed by atoms with Crippen LogP contribution in [0.1, 0.15) is 19.4 Å². The number of ether oxygens (including phenoxy) is 1. The Morgan fingerprint density at radius 1 is 1.39 bits per heavy atom. The summed E-state index contributed by atoms with van der Waals surface area (Å²) in [6.45, 7) is 6.87. The van der Waals surface area contributed by atoms with E-state index in [4.69, 9.17) is 4.74 Å². The molecule has 0 aliphatic carbocycles. The van der Waals surface area contributed by atoms with E-state index in [9.17, 15) is 4.39 Å². The van der Waals surface area contributed by atoms with Crippen molar-refractivity contribution in [1.29, 1.82) is 0 Å². The highest BCUT2D eigenvalue weighted by Crippen LogP contribution is 2.23. The van der Waals surface area contributed by atoms with Crippen LogP contribution < -0.4 is 0 Å². The normalized spacial score (nSPS) is 24.1. The molecule has 4 heteroatoms. The van der Waals surface area contributed by atoms with Crippen molar-refractivity contribution >= 4 is 15.9 Å². The van der Waals surface area contributed by atoms with Gasteiger partial charge in [-0.05, 0) is 31.5 Å². The zero-order chi connectivity index (χ0) is 13.2. The van der Waals surface area contributed by atoms with Crippen LogP contribution in [0.15, 0.2) is 24.3 Å². The molecule has 1 saturated heterocycles. The molecule has 2 nitrogen and oxygen atoms in total. The van der Waals surface area contributed by atoms with Gasteiger partial charge in [0.25, 0.3) is 0 Å². The van der Waals surface area contributed by atoms with Crippen molar-refractivity contribution in [2.45, 2.75) is 32.1 Å². The first-order chi connectivity index (χ1) is 8.48. The van der Waals surface area contributed by atoms with Gasteiger partial charge in [0.05, 0.1) is 11.7 Å². The Bertz CT molecular complexity index is 393. The van der Waals surface area contributed by atoms with E-state index in [1.165, 1.54) is 12.1 Å². The number of halogens is 2. The molecule has 0 radical (unpaired) electrons. The number of morpholine rings is 1. The van der Waals surface area contributed by atoms with E-state index in [0.717, 1.165) is 30.5 Å². The summed E-state index contributed by atoms with van der Waals surface area (Å²) in [5, 5.41) is 0.844. The molecule has 1 fully saturated rings. The minimum atomic E-state index is -0.181. The molecule has 0 saturated carbocycles. The lowest BCUT2D eigenvalue weighted by Gasteiger charge is -2.42. The Kier molecular flexibility index (Phi) is 4.41. The Morgan fingerprint density at radius 3 is 2.67 bits per heavy atom. The molecule has 1 aromatic rings. The molecule has 0 spiro atoms. The van der Waals surface area contributed by atoms with Crippen LogP contribution in [0.3, 0.4) is 0 Å². The molecule has 0 N–H and O–H groups in total. The van der Waals surface area contributed by atoms with Crippen molar-refractivity contribution in [2.75, 3.05) is 18.4 Å². The summed E-state index contributed by atoms with van der Waals surface area (Å²) in [4.78, 5) is 2.36. The number of nitrogens with zero attached hydrogens (tertiary/aromatic N) is 1.